The Hall–Kier alpha value is -4.78. The predicted molar refractivity (Wildman–Crippen MR) is 212 cm³/mol. The van der Waals surface area contributed by atoms with Crippen LogP contribution in [0, 0.1) is 5.92 Å². The van der Waals surface area contributed by atoms with E-state index in [2.05, 4.69) is 15.0 Å². The van der Waals surface area contributed by atoms with E-state index in [9.17, 15) is 27.9 Å². The number of nitrogens with one attached hydrogen (secondary N) is 2. The first-order chi connectivity index (χ1) is 28.2. The number of sulfonamides is 1. The number of benzene rings is 1. The van der Waals surface area contributed by atoms with Crippen molar-refractivity contribution < 1.29 is 60.4 Å². The van der Waals surface area contributed by atoms with Gasteiger partial charge in [-0.25, -0.2) is 18.2 Å². The van der Waals surface area contributed by atoms with Gasteiger partial charge in [0.25, 0.3) is 11.8 Å². The summed E-state index contributed by atoms with van der Waals surface area (Å²) in [4.78, 5) is 62.2. The minimum Gasteiger partial charge on any atom is -0.486 e. The van der Waals surface area contributed by atoms with Crippen LogP contribution >= 0.6 is 0 Å². The molecule has 1 saturated heterocycles. The molecule has 2 aliphatic carbocycles. The number of carbonyl (C=O) groups is 4. The van der Waals surface area contributed by atoms with E-state index in [-0.39, 0.29) is 42.0 Å². The molecule has 60 heavy (non-hydrogen) atoms. The van der Waals surface area contributed by atoms with Gasteiger partial charge in [0.15, 0.2) is 17.1 Å². The highest BCUT2D eigenvalue weighted by Crippen LogP contribution is 2.52. The summed E-state index contributed by atoms with van der Waals surface area (Å²) < 4.78 is 87.0. The fourth-order valence-corrected chi connectivity index (χ4v) is 9.78. The lowest BCUT2D eigenvalue weighted by Gasteiger charge is -2.42. The molecule has 328 valence electrons. The van der Waals surface area contributed by atoms with E-state index in [1.807, 2.05) is 0 Å². The van der Waals surface area contributed by atoms with Gasteiger partial charge in [-0.15, -0.1) is 0 Å². The molecule has 3 aliphatic heterocycles. The zero-order valence-electron chi connectivity index (χ0n) is 34.5. The number of ether oxygens (including phenoxy) is 4. The summed E-state index contributed by atoms with van der Waals surface area (Å²) in [5.41, 5.74) is -4.57. The smallest absolute Gasteiger partial charge is 0.408 e. The van der Waals surface area contributed by atoms with Crippen LogP contribution in [-0.4, -0.2) is 118 Å². The number of rotatable bonds is 9. The van der Waals surface area contributed by atoms with Crippen LogP contribution in [0.15, 0.2) is 36.5 Å². The first kappa shape index (κ1) is 43.3. The Bertz CT molecular complexity index is 2210. The Labute approximate surface area is 347 Å². The Morgan fingerprint density at radius 1 is 1.12 bits per heavy atom. The number of carboxylic acid groups (broad SMARTS) is 1. The Kier molecular flexibility index (Phi) is 11.3. The molecular weight excluding hydrogens is 809 g/mol. The number of hydrogen-bond acceptors (Lipinski definition) is 11. The summed E-state index contributed by atoms with van der Waals surface area (Å²) in [5.74, 6) is -3.85. The molecule has 0 spiro atoms. The van der Waals surface area contributed by atoms with Crippen molar-refractivity contribution in [2.24, 2.45) is 5.92 Å². The average molecular weight is 862 g/mol. The van der Waals surface area contributed by atoms with Crippen molar-refractivity contribution in [3.63, 3.8) is 0 Å². The number of alkyl halides is 2. The summed E-state index contributed by atoms with van der Waals surface area (Å²) in [6.07, 6.45) is 2.14. The summed E-state index contributed by atoms with van der Waals surface area (Å²) in [5, 5.41) is 13.9. The van der Waals surface area contributed by atoms with Crippen LogP contribution < -0.4 is 24.2 Å². The van der Waals surface area contributed by atoms with Crippen molar-refractivity contribution in [3.05, 3.63) is 36.5 Å². The average Bonchev–Trinajstić information content (AvgIpc) is 4.11. The number of hydrogen-bond donors (Lipinski definition) is 3. The number of fused-ring (bicyclic) bond motifs is 5. The van der Waals surface area contributed by atoms with E-state index in [0.717, 1.165) is 11.8 Å². The summed E-state index contributed by atoms with van der Waals surface area (Å²) in [6, 6.07) is -4.37. The molecule has 5 aliphatic rings. The van der Waals surface area contributed by atoms with Crippen molar-refractivity contribution in [1.29, 1.82) is 0 Å². The van der Waals surface area contributed by atoms with Crippen LogP contribution in [0.2, 0.25) is 0 Å². The van der Waals surface area contributed by atoms with Gasteiger partial charge >= 0.3 is 12.1 Å². The molecular formula is C41H53F2N5O11S. The highest BCUT2D eigenvalue weighted by Gasteiger charge is 2.71. The quantitative estimate of drug-likeness (QED) is 0.228. The molecule has 0 bridgehead atoms. The van der Waals surface area contributed by atoms with Crippen LogP contribution in [0.3, 0.4) is 0 Å². The molecule has 3 N–H and O–H groups in total. The van der Waals surface area contributed by atoms with Crippen molar-refractivity contribution in [2.75, 3.05) is 13.2 Å². The summed E-state index contributed by atoms with van der Waals surface area (Å²) >= 11 is 0. The fourth-order valence-electron chi connectivity index (χ4n) is 8.47. The second-order valence-electron chi connectivity index (χ2n) is 17.0. The molecule has 19 heteroatoms. The van der Waals surface area contributed by atoms with Gasteiger partial charge in [0.1, 0.15) is 30.8 Å². The van der Waals surface area contributed by atoms with Gasteiger partial charge in [-0.1, -0.05) is 26.0 Å². The van der Waals surface area contributed by atoms with Crippen molar-refractivity contribution in [1.82, 2.24) is 24.8 Å². The molecule has 2 unspecified atom stereocenters. The van der Waals surface area contributed by atoms with E-state index < -0.39 is 98.4 Å². The van der Waals surface area contributed by atoms with E-state index in [0.29, 0.717) is 49.2 Å². The molecule has 8 atom stereocenters. The molecule has 1 aromatic carbocycles. The van der Waals surface area contributed by atoms with Gasteiger partial charge in [-0.05, 0) is 90.8 Å². The van der Waals surface area contributed by atoms with Crippen LogP contribution in [0.4, 0.5) is 13.6 Å². The number of carbonyl (C=O) groups excluding carboxylic acids is 3. The third kappa shape index (κ3) is 7.38. The Balaban J connectivity index is 1.35. The lowest BCUT2D eigenvalue weighted by atomic mass is 9.99. The van der Waals surface area contributed by atoms with Crippen LogP contribution in [0.25, 0.3) is 10.8 Å². The number of aromatic nitrogens is 1. The van der Waals surface area contributed by atoms with Crippen molar-refractivity contribution in [3.8, 4) is 17.4 Å². The maximum Gasteiger partial charge on any atom is 0.408 e. The van der Waals surface area contributed by atoms with E-state index in [1.165, 1.54) is 13.1 Å². The number of nitrogens with zero attached hydrogens (tertiary/aromatic N) is 3. The molecule has 4 heterocycles. The van der Waals surface area contributed by atoms with Gasteiger partial charge in [0.2, 0.25) is 21.8 Å². The van der Waals surface area contributed by atoms with E-state index in [1.54, 1.807) is 58.0 Å². The van der Waals surface area contributed by atoms with E-state index >= 15 is 13.6 Å². The zero-order chi connectivity index (χ0) is 43.6. The first-order valence-electron chi connectivity index (χ1n) is 20.5. The van der Waals surface area contributed by atoms with Crippen molar-refractivity contribution in [2.45, 2.75) is 145 Å². The van der Waals surface area contributed by atoms with Crippen LogP contribution in [0.1, 0.15) is 92.9 Å². The molecule has 1 aromatic heterocycles. The third-order valence-corrected chi connectivity index (χ3v) is 15.0. The highest BCUT2D eigenvalue weighted by molar-refractivity contribution is 7.91. The minimum atomic E-state index is -4.35. The number of pyridine rings is 1. The monoisotopic (exact) mass is 861 g/mol. The lowest BCUT2D eigenvalue weighted by Crippen LogP contribution is -2.66. The van der Waals surface area contributed by atoms with Crippen LogP contribution in [0.5, 0.6) is 17.4 Å². The minimum absolute atomic E-state index is 0.0373. The van der Waals surface area contributed by atoms with Crippen molar-refractivity contribution >= 4 is 44.6 Å². The molecule has 3 fully saturated rings. The second-order valence-corrected chi connectivity index (χ2v) is 19.2. The van der Waals surface area contributed by atoms with Gasteiger partial charge in [0.05, 0.1) is 17.0 Å². The second kappa shape index (κ2) is 15.6. The maximum absolute atomic E-state index is 17.8. The molecule has 7 rings (SSSR count). The Morgan fingerprint density at radius 2 is 1.83 bits per heavy atom. The highest BCUT2D eigenvalue weighted by atomic mass is 32.2. The molecule has 2 aromatic rings. The van der Waals surface area contributed by atoms with Gasteiger partial charge in [-0.2, -0.15) is 8.78 Å². The third-order valence-electron chi connectivity index (χ3n) is 12.8. The Morgan fingerprint density at radius 3 is 2.50 bits per heavy atom. The largest absolute Gasteiger partial charge is 0.486 e. The van der Waals surface area contributed by atoms with Gasteiger partial charge in [0, 0.05) is 35.3 Å². The molecule has 16 nitrogen and oxygen atoms in total. The molecule has 0 radical (unpaired) electrons. The van der Waals surface area contributed by atoms with E-state index in [4.69, 9.17) is 18.9 Å². The van der Waals surface area contributed by atoms with Gasteiger partial charge < -0.3 is 29.4 Å². The number of allylic oxidation sites excluding steroid dienone is 1. The van der Waals surface area contributed by atoms with Gasteiger partial charge in [-0.3, -0.25) is 28.9 Å². The maximum atomic E-state index is 17.8. The number of halogens is 2. The molecule has 4 amide bonds. The zero-order valence-corrected chi connectivity index (χ0v) is 35.4. The first-order valence-corrected chi connectivity index (χ1v) is 22.0. The lowest BCUT2D eigenvalue weighted by molar-refractivity contribution is -0.220. The summed E-state index contributed by atoms with van der Waals surface area (Å²) in [6.45, 7) is 9.66. The topological polar surface area (TPSA) is 203 Å². The predicted octanol–water partition coefficient (Wildman–Crippen LogP) is 4.89. The normalized spacial score (nSPS) is 31.9. The standard InChI is InChI=1S/C41H53F2N5O11S/c1-7-23(3)47(37(52)53)31-29(8-2)58-24(4)11-9-10-12-25-21-40(25,36(51)46-60(54,55)38(5)16-17-38)45-33(49)28-22-39(6,41(42,43)48(28)35(31)50)59-34-27-13-14-30-32(57-20-19-56-30)26(27)15-18-44-34/h10,12-15,18,23-25,28-29,31H,7-9,11,16-17,19-22H2,1-6H3,(H,45,49)(H,46,51)(H,52,53)/b12-10-/t23?,24-,25-,28+,29+,31+,39-,40?/m1/s1. The fraction of sp³-hybridized carbons (Fsp3) is 0.634. The van der Waals surface area contributed by atoms with Crippen LogP contribution in [-0.2, 0) is 29.1 Å². The summed E-state index contributed by atoms with van der Waals surface area (Å²) in [7, 11) is -4.18. The number of amides is 4. The SMILES string of the molecule is CCC(C)N(C(=O)O)[C@@H]1C(=O)N2[C@@H](C[C@@](C)(Oc3nccc4c5c(ccc34)OCCO5)C2(F)F)C(=O)NC2(C(=O)NS(=O)(=O)C3(C)CC3)C[C@H]2/C=C\CC[C@@H](C)O[C@H]1CC. The molecule has 2 saturated carbocycles.